The Hall–Kier alpha value is -1.27. The molecule has 0 spiro atoms. The largest absolute Gasteiger partial charge is 0.495 e. The maximum atomic E-state index is 12.3. The Morgan fingerprint density at radius 2 is 1.81 bits per heavy atom. The maximum Gasteiger partial charge on any atom is 0.240 e. The van der Waals surface area contributed by atoms with E-state index in [0.717, 1.165) is 0 Å². The van der Waals surface area contributed by atoms with Gasteiger partial charge < -0.3 is 10.5 Å². The van der Waals surface area contributed by atoms with Crippen molar-refractivity contribution in [2.45, 2.75) is 32.6 Å². The van der Waals surface area contributed by atoms with Crippen molar-refractivity contribution in [3.63, 3.8) is 0 Å². The zero-order valence-corrected chi connectivity index (χ0v) is 14.0. The van der Waals surface area contributed by atoms with E-state index in [9.17, 15) is 8.42 Å². The summed E-state index contributed by atoms with van der Waals surface area (Å²) in [7, 11) is -2.05. The Morgan fingerprint density at radius 1 is 1.24 bits per heavy atom. The van der Waals surface area contributed by atoms with Crippen molar-refractivity contribution in [3.8, 4) is 5.75 Å². The lowest BCUT2D eigenvalue weighted by Gasteiger charge is -2.10. The lowest BCUT2D eigenvalue weighted by Crippen LogP contribution is -2.27. The van der Waals surface area contributed by atoms with Crippen molar-refractivity contribution in [2.24, 2.45) is 16.7 Å². The molecule has 1 aromatic rings. The average Bonchev–Trinajstić information content (AvgIpc) is 2.77. The fourth-order valence-electron chi connectivity index (χ4n) is 3.00. The molecular weight excluding hydrogens is 288 g/mol. The number of hydrogen-bond acceptors (Lipinski definition) is 4. The first-order valence-corrected chi connectivity index (χ1v) is 8.45. The summed E-state index contributed by atoms with van der Waals surface area (Å²) in [6.45, 7) is 9.09. The van der Waals surface area contributed by atoms with Crippen LogP contribution in [0, 0.1) is 16.7 Å². The van der Waals surface area contributed by atoms with Crippen molar-refractivity contribution in [1.82, 2.24) is 4.72 Å². The highest BCUT2D eigenvalue weighted by molar-refractivity contribution is 7.89. The predicted octanol–water partition coefficient (Wildman–Crippen LogP) is 2.24. The second-order valence-corrected chi connectivity index (χ2v) is 8.52. The van der Waals surface area contributed by atoms with Gasteiger partial charge in [0.1, 0.15) is 5.75 Å². The van der Waals surface area contributed by atoms with Gasteiger partial charge in [-0.2, -0.15) is 0 Å². The van der Waals surface area contributed by atoms with Crippen LogP contribution in [0.1, 0.15) is 27.7 Å². The van der Waals surface area contributed by atoms with Gasteiger partial charge in [0, 0.05) is 6.54 Å². The predicted molar refractivity (Wildman–Crippen MR) is 83.6 cm³/mol. The van der Waals surface area contributed by atoms with Crippen LogP contribution in [0.4, 0.5) is 5.69 Å². The SMILES string of the molecule is COc1ccc(S(=O)(=O)NCC2C(C)(C)C2(C)C)cc1N. The van der Waals surface area contributed by atoms with Crippen LogP contribution in [0.3, 0.4) is 0 Å². The molecule has 0 heterocycles. The first-order valence-electron chi connectivity index (χ1n) is 6.97. The number of nitrogens with two attached hydrogens (primary N) is 1. The van der Waals surface area contributed by atoms with Crippen molar-refractivity contribution in [3.05, 3.63) is 18.2 Å². The molecule has 1 aliphatic carbocycles. The number of nitrogens with one attached hydrogen (secondary N) is 1. The van der Waals surface area contributed by atoms with Crippen molar-refractivity contribution >= 4 is 15.7 Å². The fraction of sp³-hybridized carbons (Fsp3) is 0.600. The molecule has 1 aliphatic rings. The Bertz CT molecular complexity index is 637. The van der Waals surface area contributed by atoms with E-state index in [2.05, 4.69) is 32.4 Å². The third kappa shape index (κ3) is 2.62. The van der Waals surface area contributed by atoms with Gasteiger partial charge in [-0.15, -0.1) is 0 Å². The third-order valence-electron chi connectivity index (χ3n) is 5.31. The summed E-state index contributed by atoms with van der Waals surface area (Å²) in [4.78, 5) is 0.164. The molecule has 1 aromatic carbocycles. The number of sulfonamides is 1. The average molecular weight is 312 g/mol. The number of anilines is 1. The minimum Gasteiger partial charge on any atom is -0.495 e. The number of benzene rings is 1. The molecule has 118 valence electrons. The van der Waals surface area contributed by atoms with Gasteiger partial charge >= 0.3 is 0 Å². The molecule has 1 fully saturated rings. The smallest absolute Gasteiger partial charge is 0.240 e. The van der Waals surface area contributed by atoms with Crippen LogP contribution < -0.4 is 15.2 Å². The Labute approximate surface area is 126 Å². The van der Waals surface area contributed by atoms with E-state index in [4.69, 9.17) is 10.5 Å². The number of hydrogen-bond donors (Lipinski definition) is 2. The van der Waals surface area contributed by atoms with E-state index in [1.807, 2.05) is 0 Å². The highest BCUT2D eigenvalue weighted by atomic mass is 32.2. The van der Waals surface area contributed by atoms with E-state index >= 15 is 0 Å². The standard InChI is InChI=1S/C15H24N2O3S/c1-14(2)13(15(14,3)4)9-17-21(18,19)10-6-7-12(20-5)11(16)8-10/h6-8,13,17H,9,16H2,1-5H3. The lowest BCUT2D eigenvalue weighted by molar-refractivity contribution is 0.416. The summed E-state index contributed by atoms with van der Waals surface area (Å²) >= 11 is 0. The van der Waals surface area contributed by atoms with Gasteiger partial charge in [0.2, 0.25) is 10.0 Å². The molecule has 0 aliphatic heterocycles. The number of rotatable bonds is 5. The highest BCUT2D eigenvalue weighted by Crippen LogP contribution is 2.67. The van der Waals surface area contributed by atoms with Crippen molar-refractivity contribution < 1.29 is 13.2 Å². The topological polar surface area (TPSA) is 81.4 Å². The van der Waals surface area contributed by atoms with Crippen LogP contribution >= 0.6 is 0 Å². The van der Waals surface area contributed by atoms with Crippen molar-refractivity contribution in [2.75, 3.05) is 19.4 Å². The molecular formula is C15H24N2O3S. The molecule has 0 aromatic heterocycles. The summed E-state index contributed by atoms with van der Waals surface area (Å²) in [6.07, 6.45) is 0. The molecule has 21 heavy (non-hydrogen) atoms. The zero-order valence-electron chi connectivity index (χ0n) is 13.2. The van der Waals surface area contributed by atoms with Crippen molar-refractivity contribution in [1.29, 1.82) is 0 Å². The first kappa shape index (κ1) is 16.1. The number of methoxy groups -OCH3 is 1. The van der Waals surface area contributed by atoms with Crippen LogP contribution in [-0.4, -0.2) is 22.1 Å². The molecule has 0 unspecified atom stereocenters. The highest BCUT2D eigenvalue weighted by Gasteiger charge is 2.64. The second kappa shape index (κ2) is 4.88. The quantitative estimate of drug-likeness (QED) is 0.817. The van der Waals surface area contributed by atoms with Crippen LogP contribution in [0.2, 0.25) is 0 Å². The molecule has 2 rings (SSSR count). The van der Waals surface area contributed by atoms with Gasteiger partial charge in [0.05, 0.1) is 17.7 Å². The van der Waals surface area contributed by atoms with Gasteiger partial charge in [-0.1, -0.05) is 27.7 Å². The maximum absolute atomic E-state index is 12.3. The molecule has 0 saturated heterocycles. The minimum absolute atomic E-state index is 0.147. The van der Waals surface area contributed by atoms with Gasteiger partial charge in [-0.3, -0.25) is 0 Å². The molecule has 0 amide bonds. The summed E-state index contributed by atoms with van der Waals surface area (Å²) in [6, 6.07) is 4.49. The normalized spacial score (nSPS) is 20.2. The summed E-state index contributed by atoms with van der Waals surface area (Å²) in [5.74, 6) is 0.800. The molecule has 0 bridgehead atoms. The summed E-state index contributed by atoms with van der Waals surface area (Å²) in [5.41, 5.74) is 6.37. The van der Waals surface area contributed by atoms with E-state index in [1.54, 1.807) is 6.07 Å². The summed E-state index contributed by atoms with van der Waals surface area (Å²) in [5, 5.41) is 0. The molecule has 0 radical (unpaired) electrons. The van der Waals surface area contributed by atoms with E-state index < -0.39 is 10.0 Å². The third-order valence-corrected chi connectivity index (χ3v) is 6.73. The molecule has 5 nitrogen and oxygen atoms in total. The van der Waals surface area contributed by atoms with Crippen LogP contribution in [-0.2, 0) is 10.0 Å². The lowest BCUT2D eigenvalue weighted by atomic mass is 10.0. The van der Waals surface area contributed by atoms with Crippen LogP contribution in [0.5, 0.6) is 5.75 Å². The van der Waals surface area contributed by atoms with E-state index in [0.29, 0.717) is 23.9 Å². The van der Waals surface area contributed by atoms with E-state index in [1.165, 1.54) is 19.2 Å². The molecule has 3 N–H and O–H groups in total. The van der Waals surface area contributed by atoms with Gasteiger partial charge in [-0.05, 0) is 34.9 Å². The second-order valence-electron chi connectivity index (χ2n) is 6.75. The monoisotopic (exact) mass is 312 g/mol. The number of ether oxygens (including phenoxy) is 1. The molecule has 0 atom stereocenters. The van der Waals surface area contributed by atoms with E-state index in [-0.39, 0.29) is 15.7 Å². The Morgan fingerprint density at radius 3 is 2.24 bits per heavy atom. The molecule has 6 heteroatoms. The zero-order chi connectivity index (χ0) is 16.1. The fourth-order valence-corrected chi connectivity index (χ4v) is 4.08. The Balaban J connectivity index is 2.12. The minimum atomic E-state index is -3.55. The number of nitrogen functional groups attached to an aromatic ring is 1. The van der Waals surface area contributed by atoms with Crippen LogP contribution in [0.15, 0.2) is 23.1 Å². The Kier molecular flexibility index (Phi) is 3.74. The van der Waals surface area contributed by atoms with Gasteiger partial charge in [-0.25, -0.2) is 13.1 Å². The first-order chi connectivity index (χ1) is 9.54. The molecule has 1 saturated carbocycles. The van der Waals surface area contributed by atoms with Crippen LogP contribution in [0.25, 0.3) is 0 Å². The van der Waals surface area contributed by atoms with Gasteiger partial charge in [0.15, 0.2) is 0 Å². The summed E-state index contributed by atoms with van der Waals surface area (Å²) < 4.78 is 32.4. The van der Waals surface area contributed by atoms with Gasteiger partial charge in [0.25, 0.3) is 0 Å².